The van der Waals surface area contributed by atoms with E-state index >= 15 is 0 Å². The molecule has 2 aromatic rings. The maximum atomic E-state index is 12.5. The fourth-order valence-electron chi connectivity index (χ4n) is 1.79. The predicted octanol–water partition coefficient (Wildman–Crippen LogP) is 2.82. The van der Waals surface area contributed by atoms with Crippen LogP contribution in [0, 0.1) is 11.3 Å². The molecule has 0 atom stereocenters. The van der Waals surface area contributed by atoms with Gasteiger partial charge in [-0.3, -0.25) is 0 Å². The summed E-state index contributed by atoms with van der Waals surface area (Å²) < 4.78 is 41.6. The summed E-state index contributed by atoms with van der Waals surface area (Å²) in [5.74, 6) is -1.56. The van der Waals surface area contributed by atoms with Crippen molar-refractivity contribution in [2.24, 2.45) is 0 Å². The number of carbonyl (C=O) groups excluding carboxylic acids is 1. The first kappa shape index (κ1) is 17.7. The average Bonchev–Trinajstić information content (AvgIpc) is 3.14. The smallest absolute Gasteiger partial charge is 0.329 e. The van der Waals surface area contributed by atoms with Crippen LogP contribution in [0.2, 0.25) is 0 Å². The van der Waals surface area contributed by atoms with E-state index in [1.165, 1.54) is 16.8 Å². The molecule has 128 valence electrons. The van der Waals surface area contributed by atoms with Crippen LogP contribution in [0.25, 0.3) is 10.7 Å². The van der Waals surface area contributed by atoms with E-state index < -0.39 is 12.1 Å². The molecule has 0 aliphatic heterocycles. The SMILES string of the molecule is CN(CC#N)C(=O)N(C)Cc1ccc(-c2noc(C(F)(F)F)n2)s1. The highest BCUT2D eigenvalue weighted by Gasteiger charge is 2.38. The van der Waals surface area contributed by atoms with Crippen LogP contribution < -0.4 is 0 Å². The van der Waals surface area contributed by atoms with Crippen molar-refractivity contribution in [3.63, 3.8) is 0 Å². The second-order valence-electron chi connectivity index (χ2n) is 4.84. The Kier molecular flexibility index (Phi) is 5.08. The quantitative estimate of drug-likeness (QED) is 0.784. The van der Waals surface area contributed by atoms with Crippen LogP contribution >= 0.6 is 11.3 Å². The van der Waals surface area contributed by atoms with E-state index in [4.69, 9.17) is 5.26 Å². The molecule has 2 aromatic heterocycles. The predicted molar refractivity (Wildman–Crippen MR) is 77.7 cm³/mol. The minimum atomic E-state index is -4.69. The minimum absolute atomic E-state index is 0.0397. The van der Waals surface area contributed by atoms with Gasteiger partial charge in [-0.25, -0.2) is 4.79 Å². The summed E-state index contributed by atoms with van der Waals surface area (Å²) in [6.45, 7) is 0.200. The van der Waals surface area contributed by atoms with Gasteiger partial charge in [0, 0.05) is 19.0 Å². The number of hydrogen-bond donors (Lipinski definition) is 0. The molecule has 0 bridgehead atoms. The van der Waals surface area contributed by atoms with Gasteiger partial charge in [0.2, 0.25) is 5.82 Å². The summed E-state index contributed by atoms with van der Waals surface area (Å²) in [4.78, 5) is 19.1. The van der Waals surface area contributed by atoms with Crippen molar-refractivity contribution in [2.45, 2.75) is 12.7 Å². The lowest BCUT2D eigenvalue weighted by atomic mass is 10.4. The van der Waals surface area contributed by atoms with Gasteiger partial charge in [0.05, 0.1) is 17.5 Å². The zero-order valence-electron chi connectivity index (χ0n) is 12.7. The Balaban J connectivity index is 2.07. The fourth-order valence-corrected chi connectivity index (χ4v) is 2.78. The Morgan fingerprint density at radius 1 is 1.38 bits per heavy atom. The van der Waals surface area contributed by atoms with Crippen molar-refractivity contribution < 1.29 is 22.5 Å². The normalized spacial score (nSPS) is 11.2. The number of thiophene rings is 1. The number of nitrogens with zero attached hydrogens (tertiary/aromatic N) is 5. The average molecular weight is 359 g/mol. The van der Waals surface area contributed by atoms with E-state index in [0.717, 1.165) is 16.2 Å². The Morgan fingerprint density at radius 3 is 2.67 bits per heavy atom. The van der Waals surface area contributed by atoms with Gasteiger partial charge in [-0.1, -0.05) is 5.16 Å². The Morgan fingerprint density at radius 2 is 2.08 bits per heavy atom. The highest BCUT2D eigenvalue weighted by molar-refractivity contribution is 7.15. The molecule has 7 nitrogen and oxygen atoms in total. The molecule has 2 rings (SSSR count). The van der Waals surface area contributed by atoms with Crippen molar-refractivity contribution in [3.05, 3.63) is 22.9 Å². The molecular formula is C13H12F3N5O2S. The monoisotopic (exact) mass is 359 g/mol. The highest BCUT2D eigenvalue weighted by Crippen LogP contribution is 2.31. The van der Waals surface area contributed by atoms with Crippen LogP contribution in [0.3, 0.4) is 0 Å². The van der Waals surface area contributed by atoms with Crippen LogP contribution in [-0.4, -0.2) is 46.6 Å². The number of hydrogen-bond acceptors (Lipinski definition) is 6. The fraction of sp³-hybridized carbons (Fsp3) is 0.385. The van der Waals surface area contributed by atoms with E-state index in [1.807, 2.05) is 6.07 Å². The summed E-state index contributed by atoms with van der Waals surface area (Å²) in [5, 5.41) is 11.9. The zero-order chi connectivity index (χ0) is 17.9. The first-order valence-corrected chi connectivity index (χ1v) is 7.37. The van der Waals surface area contributed by atoms with Crippen molar-refractivity contribution in [1.29, 1.82) is 5.26 Å². The van der Waals surface area contributed by atoms with Gasteiger partial charge in [0.1, 0.15) is 6.54 Å². The Hall–Kier alpha value is -2.61. The third-order valence-electron chi connectivity index (χ3n) is 2.90. The molecule has 0 saturated carbocycles. The number of amides is 2. The maximum absolute atomic E-state index is 12.5. The number of aromatic nitrogens is 2. The molecule has 2 heterocycles. The number of carbonyl (C=O) groups is 1. The summed E-state index contributed by atoms with van der Waals surface area (Å²) in [7, 11) is 3.06. The van der Waals surface area contributed by atoms with E-state index in [0.29, 0.717) is 4.88 Å². The molecule has 0 aliphatic carbocycles. The molecule has 0 radical (unpaired) electrons. The number of rotatable bonds is 4. The number of alkyl halides is 3. The van der Waals surface area contributed by atoms with Gasteiger partial charge < -0.3 is 14.3 Å². The van der Waals surface area contributed by atoms with Crippen LogP contribution in [0.5, 0.6) is 0 Å². The lowest BCUT2D eigenvalue weighted by Gasteiger charge is -2.22. The lowest BCUT2D eigenvalue weighted by Crippen LogP contribution is -2.38. The number of urea groups is 1. The molecule has 2 amide bonds. The van der Waals surface area contributed by atoms with Gasteiger partial charge in [-0.15, -0.1) is 11.3 Å². The molecule has 0 N–H and O–H groups in total. The van der Waals surface area contributed by atoms with E-state index in [-0.39, 0.29) is 24.9 Å². The molecule has 0 fully saturated rings. The molecular weight excluding hydrogens is 347 g/mol. The third-order valence-corrected chi connectivity index (χ3v) is 3.97. The standard InChI is InChI=1S/C13H12F3N5O2S/c1-20(6-5-17)12(22)21(2)7-8-3-4-9(24-8)10-18-11(23-19-10)13(14,15)16/h3-4H,6-7H2,1-2H3. The molecule has 0 unspecified atom stereocenters. The summed E-state index contributed by atoms with van der Waals surface area (Å²) in [5.41, 5.74) is 0. The van der Waals surface area contributed by atoms with E-state index in [9.17, 15) is 18.0 Å². The van der Waals surface area contributed by atoms with Crippen molar-refractivity contribution in [2.75, 3.05) is 20.6 Å². The van der Waals surface area contributed by atoms with Crippen LogP contribution in [0.15, 0.2) is 16.7 Å². The molecule has 11 heteroatoms. The number of halogens is 3. The molecule has 0 aromatic carbocycles. The first-order chi connectivity index (χ1) is 11.2. The molecule has 0 spiro atoms. The maximum Gasteiger partial charge on any atom is 0.471 e. The Labute approximate surface area is 138 Å². The topological polar surface area (TPSA) is 86.3 Å². The second-order valence-corrected chi connectivity index (χ2v) is 6.01. The zero-order valence-corrected chi connectivity index (χ0v) is 13.5. The van der Waals surface area contributed by atoms with Crippen LogP contribution in [-0.2, 0) is 12.7 Å². The van der Waals surface area contributed by atoms with Gasteiger partial charge in [-0.2, -0.15) is 23.4 Å². The second kappa shape index (κ2) is 6.88. The van der Waals surface area contributed by atoms with Crippen LogP contribution in [0.1, 0.15) is 10.8 Å². The van der Waals surface area contributed by atoms with Crippen LogP contribution in [0.4, 0.5) is 18.0 Å². The van der Waals surface area contributed by atoms with Crippen molar-refractivity contribution in [3.8, 4) is 16.8 Å². The minimum Gasteiger partial charge on any atom is -0.329 e. The van der Waals surface area contributed by atoms with E-state index in [2.05, 4.69) is 14.7 Å². The Bertz CT molecular complexity index is 764. The third kappa shape index (κ3) is 4.02. The summed E-state index contributed by atoms with van der Waals surface area (Å²) in [6.07, 6.45) is -4.69. The number of nitriles is 1. The van der Waals surface area contributed by atoms with Gasteiger partial charge in [0.25, 0.3) is 0 Å². The highest BCUT2D eigenvalue weighted by atomic mass is 32.1. The van der Waals surface area contributed by atoms with Gasteiger partial charge in [0.15, 0.2) is 0 Å². The van der Waals surface area contributed by atoms with Gasteiger partial charge >= 0.3 is 18.1 Å². The van der Waals surface area contributed by atoms with Gasteiger partial charge in [-0.05, 0) is 12.1 Å². The first-order valence-electron chi connectivity index (χ1n) is 6.55. The molecule has 24 heavy (non-hydrogen) atoms. The van der Waals surface area contributed by atoms with E-state index in [1.54, 1.807) is 19.2 Å². The molecule has 0 saturated heterocycles. The summed E-state index contributed by atoms with van der Waals surface area (Å²) in [6, 6.07) is 4.75. The lowest BCUT2D eigenvalue weighted by molar-refractivity contribution is -0.159. The summed E-state index contributed by atoms with van der Waals surface area (Å²) >= 11 is 1.15. The molecule has 0 aliphatic rings. The largest absolute Gasteiger partial charge is 0.471 e. The van der Waals surface area contributed by atoms with Crippen molar-refractivity contribution >= 4 is 17.4 Å². The van der Waals surface area contributed by atoms with Crippen molar-refractivity contribution in [1.82, 2.24) is 19.9 Å².